The van der Waals surface area contributed by atoms with Gasteiger partial charge in [-0.25, -0.2) is 4.98 Å². The Morgan fingerprint density at radius 2 is 1.47 bits per heavy atom. The number of carbonyl (C=O) groups excluding carboxylic acids is 1. The third-order valence-corrected chi connectivity index (χ3v) is 6.58. The van der Waals surface area contributed by atoms with Gasteiger partial charge in [0.05, 0.1) is 17.5 Å². The molecule has 0 spiro atoms. The molecule has 0 atom stereocenters. The van der Waals surface area contributed by atoms with E-state index in [-0.39, 0.29) is 5.91 Å². The molecule has 1 aromatic heterocycles. The number of carbonyl (C=O) groups is 1. The van der Waals surface area contributed by atoms with Crippen molar-refractivity contribution in [2.45, 2.75) is 96.9 Å². The molecule has 1 N–H and O–H groups in total. The van der Waals surface area contributed by atoms with Gasteiger partial charge >= 0.3 is 0 Å². The Morgan fingerprint density at radius 1 is 0.794 bits per heavy atom. The zero-order chi connectivity index (χ0) is 23.8. The number of aryl methyl sites for hydroxylation is 2. The number of unbranched alkanes of at least 4 members (excludes halogenated alkanes) is 9. The van der Waals surface area contributed by atoms with Gasteiger partial charge in [-0.1, -0.05) is 101 Å². The molecule has 0 saturated carbocycles. The number of fused-ring (bicyclic) bond motifs is 1. The summed E-state index contributed by atoms with van der Waals surface area (Å²) in [5.74, 6) is 1.33. The summed E-state index contributed by atoms with van der Waals surface area (Å²) in [5.41, 5.74) is 3.45. The molecule has 2 aromatic carbocycles. The highest BCUT2D eigenvalue weighted by Crippen LogP contribution is 2.19. The maximum absolute atomic E-state index is 12.1. The number of nitrogens with zero attached hydrogens (tertiary/aromatic N) is 2. The highest BCUT2D eigenvalue weighted by Gasteiger charge is 2.10. The molecule has 0 aliphatic rings. The van der Waals surface area contributed by atoms with Gasteiger partial charge in [0, 0.05) is 19.5 Å². The van der Waals surface area contributed by atoms with E-state index >= 15 is 0 Å². The average molecular weight is 462 g/mol. The lowest BCUT2D eigenvalue weighted by Gasteiger charge is -2.10. The molecule has 4 heteroatoms. The molecule has 3 rings (SSSR count). The normalized spacial score (nSPS) is 11.2. The summed E-state index contributed by atoms with van der Waals surface area (Å²) in [6.45, 7) is 4.10. The first-order valence-electron chi connectivity index (χ1n) is 13.5. The van der Waals surface area contributed by atoms with Crippen molar-refractivity contribution in [2.75, 3.05) is 6.54 Å². The van der Waals surface area contributed by atoms with Crippen LogP contribution >= 0.6 is 0 Å². The quantitative estimate of drug-likeness (QED) is 0.215. The van der Waals surface area contributed by atoms with E-state index in [9.17, 15) is 4.79 Å². The van der Waals surface area contributed by atoms with Crippen LogP contribution in [0, 0.1) is 0 Å². The molecule has 4 nitrogen and oxygen atoms in total. The van der Waals surface area contributed by atoms with Crippen molar-refractivity contribution in [2.24, 2.45) is 0 Å². The minimum atomic E-state index is 0.110. The van der Waals surface area contributed by atoms with Crippen molar-refractivity contribution in [3.05, 3.63) is 66.0 Å². The standard InChI is InChI=1S/C30H43N3O/c1-2-3-4-5-6-7-8-17-24-33-28-21-15-14-20-27(28)32-29(33)22-13-10-16-23-31-30(34)25-26-18-11-9-12-19-26/h9,11-12,14-15,18-21H,2-8,10,13,16-17,22-25H2,1H3,(H,31,34). The summed E-state index contributed by atoms with van der Waals surface area (Å²) in [7, 11) is 0. The summed E-state index contributed by atoms with van der Waals surface area (Å²) >= 11 is 0. The number of aromatic nitrogens is 2. The zero-order valence-electron chi connectivity index (χ0n) is 21.1. The van der Waals surface area contributed by atoms with Crippen LogP contribution in [0.5, 0.6) is 0 Å². The van der Waals surface area contributed by atoms with Crippen LogP contribution < -0.4 is 5.32 Å². The van der Waals surface area contributed by atoms with E-state index in [0.29, 0.717) is 6.42 Å². The fourth-order valence-electron chi connectivity index (χ4n) is 4.63. The van der Waals surface area contributed by atoms with Crippen LogP contribution in [0.4, 0.5) is 0 Å². The van der Waals surface area contributed by atoms with Crippen LogP contribution in [-0.4, -0.2) is 22.0 Å². The first kappa shape index (κ1) is 26.0. The van der Waals surface area contributed by atoms with Crippen molar-refractivity contribution >= 4 is 16.9 Å². The summed E-state index contributed by atoms with van der Waals surface area (Å²) in [6, 6.07) is 18.5. The van der Waals surface area contributed by atoms with Crippen LogP contribution in [0.1, 0.15) is 88.9 Å². The Labute approximate surface area is 206 Å². The van der Waals surface area contributed by atoms with Crippen LogP contribution in [0.3, 0.4) is 0 Å². The van der Waals surface area contributed by atoms with Crippen LogP contribution in [0.2, 0.25) is 0 Å². The Kier molecular flexibility index (Phi) is 11.7. The number of rotatable bonds is 17. The van der Waals surface area contributed by atoms with Crippen molar-refractivity contribution in [1.82, 2.24) is 14.9 Å². The predicted molar refractivity (Wildman–Crippen MR) is 143 cm³/mol. The first-order chi connectivity index (χ1) is 16.8. The van der Waals surface area contributed by atoms with E-state index in [1.54, 1.807) is 0 Å². The van der Waals surface area contributed by atoms with Crippen molar-refractivity contribution < 1.29 is 4.79 Å². The summed E-state index contributed by atoms with van der Waals surface area (Å²) in [5, 5.41) is 3.06. The number of amides is 1. The second kappa shape index (κ2) is 15.3. The minimum absolute atomic E-state index is 0.110. The Hall–Kier alpha value is -2.62. The molecule has 0 saturated heterocycles. The number of hydrogen-bond donors (Lipinski definition) is 1. The molecular weight excluding hydrogens is 418 g/mol. The Balaban J connectivity index is 1.37. The first-order valence-corrected chi connectivity index (χ1v) is 13.5. The number of nitrogens with one attached hydrogen (secondary N) is 1. The van der Waals surface area contributed by atoms with E-state index in [1.807, 2.05) is 30.3 Å². The third kappa shape index (κ3) is 8.96. The van der Waals surface area contributed by atoms with Crippen molar-refractivity contribution in [3.8, 4) is 0 Å². The fraction of sp³-hybridized carbons (Fsp3) is 0.533. The molecule has 0 radical (unpaired) electrons. The van der Waals surface area contributed by atoms with Crippen molar-refractivity contribution in [3.63, 3.8) is 0 Å². The number of para-hydroxylation sites is 2. The fourth-order valence-corrected chi connectivity index (χ4v) is 4.63. The van der Waals surface area contributed by atoms with Gasteiger partial charge in [-0.2, -0.15) is 0 Å². The monoisotopic (exact) mass is 461 g/mol. The van der Waals surface area contributed by atoms with Crippen LogP contribution in [-0.2, 0) is 24.2 Å². The Morgan fingerprint density at radius 3 is 2.26 bits per heavy atom. The van der Waals surface area contributed by atoms with Gasteiger partial charge in [0.1, 0.15) is 5.82 Å². The van der Waals surface area contributed by atoms with E-state index in [2.05, 4.69) is 41.1 Å². The molecule has 0 fully saturated rings. The molecule has 184 valence electrons. The lowest BCUT2D eigenvalue weighted by atomic mass is 10.1. The minimum Gasteiger partial charge on any atom is -0.356 e. The lowest BCUT2D eigenvalue weighted by molar-refractivity contribution is -0.120. The summed E-state index contributed by atoms with van der Waals surface area (Å²) in [4.78, 5) is 17.0. The average Bonchev–Trinajstić information content (AvgIpc) is 3.21. The SMILES string of the molecule is CCCCCCCCCCn1c(CCCCCNC(=O)Cc2ccccc2)nc2ccccc21. The van der Waals surface area contributed by atoms with E-state index < -0.39 is 0 Å². The van der Waals surface area contributed by atoms with Gasteiger partial charge in [-0.15, -0.1) is 0 Å². The highest BCUT2D eigenvalue weighted by atomic mass is 16.1. The van der Waals surface area contributed by atoms with Gasteiger partial charge in [0.15, 0.2) is 0 Å². The van der Waals surface area contributed by atoms with Gasteiger partial charge in [-0.3, -0.25) is 4.79 Å². The molecule has 1 heterocycles. The zero-order valence-corrected chi connectivity index (χ0v) is 21.1. The predicted octanol–water partition coefficient (Wildman–Crippen LogP) is 7.25. The van der Waals surface area contributed by atoms with Crippen LogP contribution in [0.15, 0.2) is 54.6 Å². The smallest absolute Gasteiger partial charge is 0.224 e. The topological polar surface area (TPSA) is 46.9 Å². The maximum Gasteiger partial charge on any atom is 0.224 e. The maximum atomic E-state index is 12.1. The number of imidazole rings is 1. The number of hydrogen-bond acceptors (Lipinski definition) is 2. The second-order valence-electron chi connectivity index (χ2n) is 9.47. The second-order valence-corrected chi connectivity index (χ2v) is 9.47. The molecule has 3 aromatic rings. The summed E-state index contributed by atoms with van der Waals surface area (Å²) < 4.78 is 2.45. The molecule has 0 aliphatic heterocycles. The molecule has 0 bridgehead atoms. The van der Waals surface area contributed by atoms with E-state index in [0.717, 1.165) is 49.9 Å². The van der Waals surface area contributed by atoms with E-state index in [4.69, 9.17) is 4.98 Å². The highest BCUT2D eigenvalue weighted by molar-refractivity contribution is 5.78. The summed E-state index contributed by atoms with van der Waals surface area (Å²) in [6.07, 6.45) is 15.4. The lowest BCUT2D eigenvalue weighted by Crippen LogP contribution is -2.26. The molecule has 0 unspecified atom stereocenters. The van der Waals surface area contributed by atoms with E-state index in [1.165, 1.54) is 62.7 Å². The van der Waals surface area contributed by atoms with Gasteiger partial charge in [-0.05, 0) is 37.0 Å². The van der Waals surface area contributed by atoms with Crippen LogP contribution in [0.25, 0.3) is 11.0 Å². The van der Waals surface area contributed by atoms with Gasteiger partial charge in [0.2, 0.25) is 5.91 Å². The largest absolute Gasteiger partial charge is 0.356 e. The van der Waals surface area contributed by atoms with Gasteiger partial charge in [0.25, 0.3) is 0 Å². The molecular formula is C30H43N3O. The Bertz CT molecular complexity index is 964. The molecule has 1 amide bonds. The molecule has 0 aliphatic carbocycles. The molecule has 34 heavy (non-hydrogen) atoms. The van der Waals surface area contributed by atoms with Gasteiger partial charge < -0.3 is 9.88 Å². The number of benzene rings is 2. The third-order valence-electron chi connectivity index (χ3n) is 6.58. The van der Waals surface area contributed by atoms with Crippen molar-refractivity contribution in [1.29, 1.82) is 0 Å².